The Morgan fingerprint density at radius 3 is 2.28 bits per heavy atom. The summed E-state index contributed by atoms with van der Waals surface area (Å²) in [5, 5.41) is 15.4. The van der Waals surface area contributed by atoms with Gasteiger partial charge in [-0.3, -0.25) is 35.3 Å². The number of hydrazine groups is 1. The molecule has 3 aromatic rings. The highest BCUT2D eigenvalue weighted by Crippen LogP contribution is 2.28. The molecule has 3 N–H and O–H groups in total. The third-order valence-electron chi connectivity index (χ3n) is 6.65. The Kier molecular flexibility index (Phi) is 7.89. The molecule has 1 aliphatic carbocycles. The summed E-state index contributed by atoms with van der Waals surface area (Å²) in [6.07, 6.45) is 3.12. The van der Waals surface area contributed by atoms with Crippen molar-refractivity contribution in [3.8, 4) is 0 Å². The molecule has 3 amide bonds. The number of nitro groups is 1. The summed E-state index contributed by atoms with van der Waals surface area (Å²) in [5.41, 5.74) is 6.31. The highest BCUT2D eigenvalue weighted by atomic mass is 16.6. The number of hydrogen-bond donors (Lipinski definition) is 3. The molecule has 0 aliphatic heterocycles. The molecule has 186 valence electrons. The third kappa shape index (κ3) is 6.24. The number of hydrogen-bond acceptors (Lipinski definition) is 5. The standard InChI is InChI=1S/C27H28N4O5/c32-25(16-18-10-14-22(15-11-18)31(35)36)28-17-19-8-12-21(13-9-19)26(33)29-30-27(34)24-7-3-5-20-4-1-2-6-23(20)24/h1-7,10-11,14-15,19,21H,8-9,12-13,16-17H2,(H,28,32)(H,29,33)(H,30,34). The number of nitrogens with zero attached hydrogens (tertiary/aromatic N) is 1. The second-order valence-electron chi connectivity index (χ2n) is 9.09. The van der Waals surface area contributed by atoms with Gasteiger partial charge in [0.15, 0.2) is 0 Å². The molecule has 0 saturated heterocycles. The molecule has 9 heteroatoms. The molecule has 0 heterocycles. The maximum atomic E-state index is 12.6. The van der Waals surface area contributed by atoms with E-state index in [0.29, 0.717) is 30.5 Å². The maximum absolute atomic E-state index is 12.6. The molecular weight excluding hydrogens is 460 g/mol. The minimum atomic E-state index is -0.473. The lowest BCUT2D eigenvalue weighted by Crippen LogP contribution is -2.45. The highest BCUT2D eigenvalue weighted by Gasteiger charge is 2.27. The summed E-state index contributed by atoms with van der Waals surface area (Å²) in [4.78, 5) is 47.7. The van der Waals surface area contributed by atoms with Crippen molar-refractivity contribution in [2.24, 2.45) is 11.8 Å². The van der Waals surface area contributed by atoms with Crippen LogP contribution in [-0.4, -0.2) is 29.2 Å². The number of nitrogens with one attached hydrogen (secondary N) is 3. The van der Waals surface area contributed by atoms with Crippen molar-refractivity contribution in [2.75, 3.05) is 6.54 Å². The van der Waals surface area contributed by atoms with E-state index < -0.39 is 4.92 Å². The van der Waals surface area contributed by atoms with Gasteiger partial charge in [0.1, 0.15) is 0 Å². The van der Waals surface area contributed by atoms with Gasteiger partial charge in [-0.05, 0) is 54.0 Å². The van der Waals surface area contributed by atoms with Gasteiger partial charge in [0.05, 0.1) is 11.3 Å². The van der Waals surface area contributed by atoms with E-state index in [1.807, 2.05) is 36.4 Å². The summed E-state index contributed by atoms with van der Waals surface area (Å²) in [6, 6.07) is 19.0. The van der Waals surface area contributed by atoms with E-state index >= 15 is 0 Å². The summed E-state index contributed by atoms with van der Waals surface area (Å²) in [6.45, 7) is 0.526. The molecule has 0 unspecified atom stereocenters. The van der Waals surface area contributed by atoms with E-state index in [-0.39, 0.29) is 41.7 Å². The average Bonchev–Trinajstić information content (AvgIpc) is 2.90. The summed E-state index contributed by atoms with van der Waals surface area (Å²) in [5.74, 6) is -0.612. The fourth-order valence-corrected chi connectivity index (χ4v) is 4.58. The fourth-order valence-electron chi connectivity index (χ4n) is 4.58. The van der Waals surface area contributed by atoms with Gasteiger partial charge in [-0.1, -0.05) is 48.5 Å². The Hall–Kier alpha value is -4.27. The first kappa shape index (κ1) is 24.8. The molecule has 0 spiro atoms. The number of non-ortho nitro benzene ring substituents is 1. The normalized spacial score (nSPS) is 17.2. The number of amides is 3. The van der Waals surface area contributed by atoms with Crippen LogP contribution in [0.4, 0.5) is 5.69 Å². The first-order valence-corrected chi connectivity index (χ1v) is 12.0. The Balaban J connectivity index is 1.18. The van der Waals surface area contributed by atoms with Gasteiger partial charge >= 0.3 is 0 Å². The van der Waals surface area contributed by atoms with Crippen molar-refractivity contribution >= 4 is 34.2 Å². The topological polar surface area (TPSA) is 130 Å². The van der Waals surface area contributed by atoms with E-state index in [0.717, 1.165) is 23.6 Å². The van der Waals surface area contributed by atoms with Crippen molar-refractivity contribution in [1.82, 2.24) is 16.2 Å². The van der Waals surface area contributed by atoms with Crippen LogP contribution < -0.4 is 16.2 Å². The third-order valence-corrected chi connectivity index (χ3v) is 6.65. The van der Waals surface area contributed by atoms with Crippen molar-refractivity contribution < 1.29 is 19.3 Å². The lowest BCUT2D eigenvalue weighted by Gasteiger charge is -2.28. The van der Waals surface area contributed by atoms with Gasteiger partial charge in [-0.15, -0.1) is 0 Å². The molecule has 1 saturated carbocycles. The van der Waals surface area contributed by atoms with E-state index in [2.05, 4.69) is 16.2 Å². The van der Waals surface area contributed by atoms with Crippen LogP contribution in [0.1, 0.15) is 41.6 Å². The van der Waals surface area contributed by atoms with Crippen LogP contribution in [0.3, 0.4) is 0 Å². The quantitative estimate of drug-likeness (QED) is 0.345. The van der Waals surface area contributed by atoms with Gasteiger partial charge in [0.25, 0.3) is 11.6 Å². The number of fused-ring (bicyclic) bond motifs is 1. The van der Waals surface area contributed by atoms with Crippen LogP contribution in [0.5, 0.6) is 0 Å². The molecule has 0 atom stereocenters. The fraction of sp³-hybridized carbons (Fsp3) is 0.296. The predicted octanol–water partition coefficient (Wildman–Crippen LogP) is 3.67. The van der Waals surface area contributed by atoms with Crippen LogP contribution in [0, 0.1) is 22.0 Å². The molecule has 9 nitrogen and oxygen atoms in total. The highest BCUT2D eigenvalue weighted by molar-refractivity contribution is 6.07. The monoisotopic (exact) mass is 488 g/mol. The van der Waals surface area contributed by atoms with E-state index in [1.165, 1.54) is 12.1 Å². The second-order valence-corrected chi connectivity index (χ2v) is 9.09. The number of nitro benzene ring substituents is 1. The van der Waals surface area contributed by atoms with Crippen molar-refractivity contribution in [3.05, 3.63) is 88.0 Å². The van der Waals surface area contributed by atoms with Gasteiger partial charge < -0.3 is 5.32 Å². The minimum Gasteiger partial charge on any atom is -0.356 e. The molecule has 36 heavy (non-hydrogen) atoms. The molecule has 0 bridgehead atoms. The number of carbonyl (C=O) groups excluding carboxylic acids is 3. The minimum absolute atomic E-state index is 0.00641. The molecule has 1 fully saturated rings. The predicted molar refractivity (Wildman–Crippen MR) is 135 cm³/mol. The summed E-state index contributed by atoms with van der Waals surface area (Å²) >= 11 is 0. The zero-order valence-electron chi connectivity index (χ0n) is 19.7. The van der Waals surface area contributed by atoms with E-state index in [4.69, 9.17) is 0 Å². The first-order valence-electron chi connectivity index (χ1n) is 12.0. The van der Waals surface area contributed by atoms with E-state index in [9.17, 15) is 24.5 Å². The maximum Gasteiger partial charge on any atom is 0.270 e. The van der Waals surface area contributed by atoms with Crippen LogP contribution in [-0.2, 0) is 16.0 Å². The van der Waals surface area contributed by atoms with Gasteiger partial charge in [0, 0.05) is 30.2 Å². The van der Waals surface area contributed by atoms with Crippen molar-refractivity contribution in [3.63, 3.8) is 0 Å². The smallest absolute Gasteiger partial charge is 0.270 e. The SMILES string of the molecule is O=C(Cc1ccc([N+](=O)[O-])cc1)NCC1CCC(C(=O)NNC(=O)c2cccc3ccccc23)CC1. The molecule has 0 radical (unpaired) electrons. The van der Waals surface area contributed by atoms with Crippen LogP contribution in [0.15, 0.2) is 66.7 Å². The molecule has 3 aromatic carbocycles. The largest absolute Gasteiger partial charge is 0.356 e. The lowest BCUT2D eigenvalue weighted by molar-refractivity contribution is -0.384. The summed E-state index contributed by atoms with van der Waals surface area (Å²) < 4.78 is 0. The molecule has 0 aromatic heterocycles. The molecular formula is C27H28N4O5. The van der Waals surface area contributed by atoms with Gasteiger partial charge in [-0.25, -0.2) is 0 Å². The zero-order valence-corrected chi connectivity index (χ0v) is 19.7. The van der Waals surface area contributed by atoms with Crippen molar-refractivity contribution in [2.45, 2.75) is 32.1 Å². The molecule has 4 rings (SSSR count). The van der Waals surface area contributed by atoms with Crippen LogP contribution >= 0.6 is 0 Å². The van der Waals surface area contributed by atoms with Crippen molar-refractivity contribution in [1.29, 1.82) is 0 Å². The Labute approximate surface area is 208 Å². The van der Waals surface area contributed by atoms with Crippen LogP contribution in [0.2, 0.25) is 0 Å². The second kappa shape index (κ2) is 11.4. The van der Waals surface area contributed by atoms with Gasteiger partial charge in [-0.2, -0.15) is 0 Å². The lowest BCUT2D eigenvalue weighted by atomic mass is 9.81. The number of benzene rings is 3. The van der Waals surface area contributed by atoms with Crippen LogP contribution in [0.25, 0.3) is 10.8 Å². The van der Waals surface area contributed by atoms with Gasteiger partial charge in [0.2, 0.25) is 11.8 Å². The summed E-state index contributed by atoms with van der Waals surface area (Å²) in [7, 11) is 0. The average molecular weight is 489 g/mol. The first-order chi connectivity index (χ1) is 17.4. The Morgan fingerprint density at radius 2 is 1.56 bits per heavy atom. The number of carbonyl (C=O) groups is 3. The Bertz CT molecular complexity index is 1260. The zero-order chi connectivity index (χ0) is 25.5. The Morgan fingerprint density at radius 1 is 0.861 bits per heavy atom. The molecule has 1 aliphatic rings. The van der Waals surface area contributed by atoms with E-state index in [1.54, 1.807) is 18.2 Å². The number of rotatable bonds is 7.